The van der Waals surface area contributed by atoms with Gasteiger partial charge in [0.1, 0.15) is 11.5 Å². The van der Waals surface area contributed by atoms with Gasteiger partial charge in [0.15, 0.2) is 0 Å². The number of aryl methyl sites for hydroxylation is 1. The van der Waals surface area contributed by atoms with E-state index in [-0.39, 0.29) is 6.61 Å². The number of rotatable bonds is 6. The highest BCUT2D eigenvalue weighted by atomic mass is 16.3. The molecule has 1 atom stereocenters. The molecule has 0 radical (unpaired) electrons. The van der Waals surface area contributed by atoms with Gasteiger partial charge < -0.3 is 14.4 Å². The van der Waals surface area contributed by atoms with Gasteiger partial charge in [0.2, 0.25) is 0 Å². The number of likely N-dealkylation sites (tertiary alicyclic amines) is 1. The van der Waals surface area contributed by atoms with Gasteiger partial charge in [0.05, 0.1) is 6.54 Å². The van der Waals surface area contributed by atoms with Gasteiger partial charge in [-0.1, -0.05) is 0 Å². The smallest absolute Gasteiger partial charge is 0.118 e. The molecule has 142 valence electrons. The van der Waals surface area contributed by atoms with E-state index in [9.17, 15) is 5.11 Å². The van der Waals surface area contributed by atoms with Gasteiger partial charge >= 0.3 is 0 Å². The standard InChI is InChI=1S/C20H35N3O2/c1-16(2)22-9-6-18(7-10-22)23-12-11-21(14-19(23)8-13-24)15-20-5-4-17(3)25-20/h4-5,16,18-19,24H,6-15H2,1-3H3. The highest BCUT2D eigenvalue weighted by Crippen LogP contribution is 2.25. The highest BCUT2D eigenvalue weighted by Gasteiger charge is 2.34. The third-order valence-electron chi connectivity index (χ3n) is 5.95. The maximum Gasteiger partial charge on any atom is 0.118 e. The summed E-state index contributed by atoms with van der Waals surface area (Å²) in [5, 5.41) is 9.56. The zero-order chi connectivity index (χ0) is 17.8. The molecule has 1 unspecified atom stereocenters. The molecule has 5 nitrogen and oxygen atoms in total. The number of hydrogen-bond donors (Lipinski definition) is 1. The van der Waals surface area contributed by atoms with Crippen molar-refractivity contribution < 1.29 is 9.52 Å². The van der Waals surface area contributed by atoms with Crippen LogP contribution in [0.15, 0.2) is 16.5 Å². The quantitative estimate of drug-likeness (QED) is 0.854. The second-order valence-electron chi connectivity index (χ2n) is 8.01. The first-order valence-electron chi connectivity index (χ1n) is 9.95. The van der Waals surface area contributed by atoms with Gasteiger partial charge in [-0.25, -0.2) is 0 Å². The third-order valence-corrected chi connectivity index (χ3v) is 5.95. The molecule has 0 spiro atoms. The second-order valence-corrected chi connectivity index (χ2v) is 8.01. The third kappa shape index (κ3) is 4.85. The van der Waals surface area contributed by atoms with Crippen LogP contribution in [0.3, 0.4) is 0 Å². The van der Waals surface area contributed by atoms with Crippen LogP contribution < -0.4 is 0 Å². The largest absolute Gasteiger partial charge is 0.465 e. The maximum atomic E-state index is 9.56. The van der Waals surface area contributed by atoms with Gasteiger partial charge in [-0.05, 0) is 65.3 Å². The van der Waals surface area contributed by atoms with E-state index in [4.69, 9.17) is 4.42 Å². The van der Waals surface area contributed by atoms with Crippen LogP contribution in [0, 0.1) is 6.92 Å². The van der Waals surface area contributed by atoms with Crippen LogP contribution in [-0.2, 0) is 6.54 Å². The Bertz CT molecular complexity index is 523. The molecule has 1 N–H and O–H groups in total. The van der Waals surface area contributed by atoms with Crippen LogP contribution in [0.1, 0.15) is 44.6 Å². The lowest BCUT2D eigenvalue weighted by molar-refractivity contribution is -0.00166. The summed E-state index contributed by atoms with van der Waals surface area (Å²) in [5.41, 5.74) is 0. The molecule has 0 aliphatic carbocycles. The first-order valence-corrected chi connectivity index (χ1v) is 9.95. The van der Waals surface area contributed by atoms with E-state index in [1.165, 1.54) is 25.9 Å². The Morgan fingerprint density at radius 2 is 1.92 bits per heavy atom. The lowest BCUT2D eigenvalue weighted by Crippen LogP contribution is -2.58. The minimum Gasteiger partial charge on any atom is -0.465 e. The first-order chi connectivity index (χ1) is 12.1. The van der Waals surface area contributed by atoms with Gasteiger partial charge in [0.25, 0.3) is 0 Å². The zero-order valence-corrected chi connectivity index (χ0v) is 16.2. The molecule has 0 amide bonds. The van der Waals surface area contributed by atoms with Crippen LogP contribution in [0.2, 0.25) is 0 Å². The zero-order valence-electron chi connectivity index (χ0n) is 16.2. The molecule has 3 rings (SSSR count). The summed E-state index contributed by atoms with van der Waals surface area (Å²) >= 11 is 0. The van der Waals surface area contributed by atoms with Gasteiger partial charge in [-0.3, -0.25) is 9.80 Å². The van der Waals surface area contributed by atoms with Crippen LogP contribution in [-0.4, -0.2) is 77.3 Å². The summed E-state index contributed by atoms with van der Waals surface area (Å²) in [7, 11) is 0. The highest BCUT2D eigenvalue weighted by molar-refractivity contribution is 5.05. The topological polar surface area (TPSA) is 43.1 Å². The molecule has 2 aliphatic rings. The van der Waals surface area contributed by atoms with Crippen LogP contribution >= 0.6 is 0 Å². The van der Waals surface area contributed by atoms with Crippen molar-refractivity contribution in [2.24, 2.45) is 0 Å². The molecular weight excluding hydrogens is 314 g/mol. The molecule has 5 heteroatoms. The van der Waals surface area contributed by atoms with Crippen LogP contribution in [0.5, 0.6) is 0 Å². The molecule has 2 aliphatic heterocycles. The Hall–Kier alpha value is -0.880. The number of nitrogens with zero attached hydrogens (tertiary/aromatic N) is 3. The lowest BCUT2D eigenvalue weighted by atomic mass is 9.97. The molecule has 25 heavy (non-hydrogen) atoms. The van der Waals surface area contributed by atoms with Crippen LogP contribution in [0.4, 0.5) is 0 Å². The predicted octanol–water partition coefficient (Wildman–Crippen LogP) is 2.33. The second kappa shape index (κ2) is 8.67. The molecule has 1 aromatic rings. The van der Waals surface area contributed by atoms with E-state index in [0.29, 0.717) is 18.1 Å². The van der Waals surface area contributed by atoms with Gasteiger partial charge in [0, 0.05) is 44.4 Å². The number of piperazine rings is 1. The van der Waals surface area contributed by atoms with Crippen LogP contribution in [0.25, 0.3) is 0 Å². The molecule has 2 fully saturated rings. The summed E-state index contributed by atoms with van der Waals surface area (Å²) in [6.07, 6.45) is 3.40. The van der Waals surface area contributed by atoms with Crippen molar-refractivity contribution in [1.82, 2.24) is 14.7 Å². The SMILES string of the molecule is Cc1ccc(CN2CCN(C3CCN(C(C)C)CC3)C(CCO)C2)o1. The van der Waals surface area contributed by atoms with Crippen molar-refractivity contribution in [3.8, 4) is 0 Å². The predicted molar refractivity (Wildman–Crippen MR) is 101 cm³/mol. The number of hydrogen-bond acceptors (Lipinski definition) is 5. The fourth-order valence-electron chi connectivity index (χ4n) is 4.49. The van der Waals surface area contributed by atoms with Gasteiger partial charge in [-0.15, -0.1) is 0 Å². The summed E-state index contributed by atoms with van der Waals surface area (Å²) < 4.78 is 5.75. The Labute approximate surface area is 152 Å². The molecule has 1 aromatic heterocycles. The average Bonchev–Trinajstić information content (AvgIpc) is 3.00. The van der Waals surface area contributed by atoms with Crippen molar-refractivity contribution in [2.45, 2.75) is 64.7 Å². The summed E-state index contributed by atoms with van der Waals surface area (Å²) in [5.74, 6) is 2.04. The normalized spacial score (nSPS) is 25.1. The van der Waals surface area contributed by atoms with E-state index in [1.807, 2.05) is 13.0 Å². The molecule has 0 saturated carbocycles. The summed E-state index contributed by atoms with van der Waals surface area (Å²) in [6, 6.07) is 5.93. The Kier molecular flexibility index (Phi) is 6.55. The fraction of sp³-hybridized carbons (Fsp3) is 0.800. The Balaban J connectivity index is 1.56. The fourth-order valence-corrected chi connectivity index (χ4v) is 4.49. The summed E-state index contributed by atoms with van der Waals surface area (Å²) in [4.78, 5) is 7.77. The lowest BCUT2D eigenvalue weighted by Gasteiger charge is -2.48. The number of furan rings is 1. The van der Waals surface area contributed by atoms with Crippen molar-refractivity contribution in [3.05, 3.63) is 23.7 Å². The van der Waals surface area contributed by atoms with E-state index in [1.54, 1.807) is 0 Å². The molecular formula is C20H35N3O2. The minimum atomic E-state index is 0.277. The first kappa shape index (κ1) is 18.9. The Morgan fingerprint density at radius 1 is 1.16 bits per heavy atom. The molecule has 0 aromatic carbocycles. The minimum absolute atomic E-state index is 0.277. The summed E-state index contributed by atoms with van der Waals surface area (Å²) in [6.45, 7) is 13.4. The van der Waals surface area contributed by atoms with Crippen molar-refractivity contribution >= 4 is 0 Å². The van der Waals surface area contributed by atoms with Crippen molar-refractivity contribution in [3.63, 3.8) is 0 Å². The molecule has 2 saturated heterocycles. The van der Waals surface area contributed by atoms with Crippen molar-refractivity contribution in [1.29, 1.82) is 0 Å². The molecule has 0 bridgehead atoms. The van der Waals surface area contributed by atoms with Crippen molar-refractivity contribution in [2.75, 3.05) is 39.3 Å². The van der Waals surface area contributed by atoms with Gasteiger partial charge in [-0.2, -0.15) is 0 Å². The number of piperidine rings is 1. The monoisotopic (exact) mass is 349 g/mol. The number of aliphatic hydroxyl groups excluding tert-OH is 1. The van der Waals surface area contributed by atoms with E-state index in [0.717, 1.165) is 44.1 Å². The Morgan fingerprint density at radius 3 is 2.52 bits per heavy atom. The average molecular weight is 350 g/mol. The van der Waals surface area contributed by atoms with E-state index < -0.39 is 0 Å². The number of aliphatic hydroxyl groups is 1. The van der Waals surface area contributed by atoms with E-state index >= 15 is 0 Å². The molecule has 3 heterocycles. The maximum absolute atomic E-state index is 9.56. The van der Waals surface area contributed by atoms with E-state index in [2.05, 4.69) is 34.6 Å².